The van der Waals surface area contributed by atoms with Gasteiger partial charge in [-0.2, -0.15) is 0 Å². The van der Waals surface area contributed by atoms with Crippen molar-refractivity contribution in [3.8, 4) is 0 Å². The molecule has 1 saturated heterocycles. The molecule has 0 radical (unpaired) electrons. The zero-order chi connectivity index (χ0) is 11.7. The summed E-state index contributed by atoms with van der Waals surface area (Å²) in [6.07, 6.45) is 12.0. The van der Waals surface area contributed by atoms with Gasteiger partial charge < -0.3 is 10.0 Å². The van der Waals surface area contributed by atoms with Gasteiger partial charge in [0, 0.05) is 6.04 Å². The zero-order valence-corrected chi connectivity index (χ0v) is 11.0. The molecule has 2 saturated carbocycles. The van der Waals surface area contributed by atoms with Crippen molar-refractivity contribution in [2.24, 2.45) is 11.8 Å². The molecule has 3 aliphatic rings. The highest BCUT2D eigenvalue weighted by Gasteiger charge is 2.36. The molecule has 17 heavy (non-hydrogen) atoms. The van der Waals surface area contributed by atoms with Gasteiger partial charge in [-0.15, -0.1) is 0 Å². The average molecular weight is 237 g/mol. The summed E-state index contributed by atoms with van der Waals surface area (Å²) in [5.74, 6) is 1.78. The van der Waals surface area contributed by atoms with Crippen molar-refractivity contribution in [3.63, 3.8) is 0 Å². The van der Waals surface area contributed by atoms with Crippen LogP contribution in [0, 0.1) is 11.8 Å². The normalized spacial score (nSPS) is 44.3. The van der Waals surface area contributed by atoms with Crippen molar-refractivity contribution in [2.45, 2.75) is 69.9 Å². The monoisotopic (exact) mass is 237 g/mol. The fourth-order valence-electron chi connectivity index (χ4n) is 4.45. The van der Waals surface area contributed by atoms with Gasteiger partial charge >= 0.3 is 0 Å². The first-order chi connectivity index (χ1) is 8.33. The van der Waals surface area contributed by atoms with Gasteiger partial charge in [0.2, 0.25) is 0 Å². The average Bonchev–Trinajstić information content (AvgIpc) is 2.39. The molecule has 1 heterocycles. The number of hydrogen-bond donors (Lipinski definition) is 1. The summed E-state index contributed by atoms with van der Waals surface area (Å²) in [5.41, 5.74) is 0. The molecule has 0 aromatic heterocycles. The summed E-state index contributed by atoms with van der Waals surface area (Å²) in [4.78, 5) is 2.77. The Bertz CT molecular complexity index is 249. The van der Waals surface area contributed by atoms with Crippen LogP contribution in [0.1, 0.15) is 57.8 Å². The minimum absolute atomic E-state index is 0.0165. The van der Waals surface area contributed by atoms with E-state index in [0.717, 1.165) is 30.7 Å². The second-order valence-electron chi connectivity index (χ2n) is 6.55. The summed E-state index contributed by atoms with van der Waals surface area (Å²) in [5, 5.41) is 9.75. The van der Waals surface area contributed by atoms with Crippen molar-refractivity contribution in [1.82, 2.24) is 4.90 Å². The van der Waals surface area contributed by atoms with Crippen LogP contribution in [0.15, 0.2) is 0 Å². The van der Waals surface area contributed by atoms with Gasteiger partial charge in [0.05, 0.1) is 6.10 Å². The van der Waals surface area contributed by atoms with E-state index in [1.165, 1.54) is 58.0 Å². The molecule has 3 rings (SSSR count). The molecule has 0 aromatic rings. The Hall–Kier alpha value is -0.0800. The molecule has 1 N–H and O–H groups in total. The Morgan fingerprint density at radius 2 is 1.47 bits per heavy atom. The van der Waals surface area contributed by atoms with E-state index in [1.54, 1.807) is 0 Å². The van der Waals surface area contributed by atoms with Crippen LogP contribution < -0.4 is 0 Å². The van der Waals surface area contributed by atoms with Crippen molar-refractivity contribution < 1.29 is 5.11 Å². The van der Waals surface area contributed by atoms with E-state index in [-0.39, 0.29) is 6.10 Å². The third kappa shape index (κ3) is 2.68. The second kappa shape index (κ2) is 5.27. The summed E-state index contributed by atoms with van der Waals surface area (Å²) >= 11 is 0. The number of likely N-dealkylation sites (tertiary alicyclic amines) is 1. The van der Waals surface area contributed by atoms with Crippen molar-refractivity contribution >= 4 is 0 Å². The molecule has 2 nitrogen and oxygen atoms in total. The molecule has 98 valence electrons. The van der Waals surface area contributed by atoms with Crippen LogP contribution in [-0.4, -0.2) is 35.2 Å². The Balaban J connectivity index is 1.56. The lowest BCUT2D eigenvalue weighted by Crippen LogP contribution is -2.45. The summed E-state index contributed by atoms with van der Waals surface area (Å²) in [6.45, 7) is 2.70. The highest BCUT2D eigenvalue weighted by Crippen LogP contribution is 2.42. The predicted octanol–water partition coefficient (Wildman–Crippen LogP) is 2.80. The molecule has 0 amide bonds. The Morgan fingerprint density at radius 1 is 0.765 bits per heavy atom. The molecule has 0 aromatic carbocycles. The van der Waals surface area contributed by atoms with Crippen LogP contribution in [0.3, 0.4) is 0 Å². The lowest BCUT2D eigenvalue weighted by molar-refractivity contribution is 0.0148. The van der Waals surface area contributed by atoms with Crippen LogP contribution in [-0.2, 0) is 0 Å². The van der Waals surface area contributed by atoms with E-state index >= 15 is 0 Å². The molecule has 0 spiro atoms. The topological polar surface area (TPSA) is 23.5 Å². The summed E-state index contributed by atoms with van der Waals surface area (Å²) in [7, 11) is 0. The lowest BCUT2D eigenvalue weighted by atomic mass is 9.68. The molecule has 3 fully saturated rings. The number of aliphatic hydroxyl groups is 1. The molecular formula is C15H27NO. The Labute approximate surface area is 105 Å². The number of nitrogens with zero attached hydrogens (tertiary/aromatic N) is 1. The molecule has 2 heteroatoms. The number of aliphatic hydroxyl groups excluding tert-OH is 1. The van der Waals surface area contributed by atoms with Gasteiger partial charge in [0.25, 0.3) is 0 Å². The van der Waals surface area contributed by atoms with Crippen LogP contribution >= 0.6 is 0 Å². The van der Waals surface area contributed by atoms with Crippen molar-refractivity contribution in [3.05, 3.63) is 0 Å². The SMILES string of the molecule is OC1CCC2CC(N3CCCCC3)CCC2C1. The number of rotatable bonds is 1. The van der Waals surface area contributed by atoms with Crippen LogP contribution in [0.25, 0.3) is 0 Å². The molecule has 4 atom stereocenters. The third-order valence-corrected chi connectivity index (χ3v) is 5.46. The Morgan fingerprint density at radius 3 is 2.29 bits per heavy atom. The highest BCUT2D eigenvalue weighted by molar-refractivity contribution is 4.90. The predicted molar refractivity (Wildman–Crippen MR) is 69.9 cm³/mol. The van der Waals surface area contributed by atoms with Gasteiger partial charge in [-0.05, 0) is 76.3 Å². The minimum Gasteiger partial charge on any atom is -0.393 e. The van der Waals surface area contributed by atoms with Gasteiger partial charge in [0.1, 0.15) is 0 Å². The van der Waals surface area contributed by atoms with Crippen molar-refractivity contribution in [1.29, 1.82) is 0 Å². The van der Waals surface area contributed by atoms with Gasteiger partial charge in [0.15, 0.2) is 0 Å². The number of hydrogen-bond acceptors (Lipinski definition) is 2. The maximum atomic E-state index is 9.75. The van der Waals surface area contributed by atoms with Crippen LogP contribution in [0.4, 0.5) is 0 Å². The standard InChI is InChI=1S/C15H27NO/c17-15-7-5-12-10-14(6-4-13(12)11-15)16-8-2-1-3-9-16/h12-15,17H,1-11H2. The molecule has 0 bridgehead atoms. The van der Waals surface area contributed by atoms with E-state index in [9.17, 15) is 5.11 Å². The van der Waals surface area contributed by atoms with Gasteiger partial charge in [-0.25, -0.2) is 0 Å². The smallest absolute Gasteiger partial charge is 0.0543 e. The minimum atomic E-state index is 0.0165. The first-order valence-corrected chi connectivity index (χ1v) is 7.75. The molecule has 1 aliphatic heterocycles. The maximum absolute atomic E-state index is 9.75. The summed E-state index contributed by atoms with van der Waals surface area (Å²) in [6, 6.07) is 0.881. The van der Waals surface area contributed by atoms with Crippen LogP contribution in [0.5, 0.6) is 0 Å². The fraction of sp³-hybridized carbons (Fsp3) is 1.00. The van der Waals surface area contributed by atoms with E-state index in [1.807, 2.05) is 0 Å². The number of piperidine rings is 1. The first-order valence-electron chi connectivity index (χ1n) is 7.75. The van der Waals surface area contributed by atoms with Gasteiger partial charge in [-0.1, -0.05) is 6.42 Å². The van der Waals surface area contributed by atoms with Crippen molar-refractivity contribution in [2.75, 3.05) is 13.1 Å². The summed E-state index contributed by atoms with van der Waals surface area (Å²) < 4.78 is 0. The third-order valence-electron chi connectivity index (χ3n) is 5.46. The largest absolute Gasteiger partial charge is 0.393 e. The molecular weight excluding hydrogens is 210 g/mol. The quantitative estimate of drug-likeness (QED) is 0.758. The molecule has 2 aliphatic carbocycles. The van der Waals surface area contributed by atoms with E-state index in [0.29, 0.717) is 0 Å². The van der Waals surface area contributed by atoms with Crippen LogP contribution in [0.2, 0.25) is 0 Å². The first kappa shape index (κ1) is 12.0. The maximum Gasteiger partial charge on any atom is 0.0543 e. The van der Waals surface area contributed by atoms with Gasteiger partial charge in [-0.3, -0.25) is 0 Å². The number of fused-ring (bicyclic) bond motifs is 1. The lowest BCUT2D eigenvalue weighted by Gasteiger charge is -2.45. The Kier molecular flexibility index (Phi) is 3.72. The van der Waals surface area contributed by atoms with E-state index in [2.05, 4.69) is 4.90 Å². The highest BCUT2D eigenvalue weighted by atomic mass is 16.3. The molecule has 4 unspecified atom stereocenters. The fourth-order valence-corrected chi connectivity index (χ4v) is 4.45. The zero-order valence-electron chi connectivity index (χ0n) is 11.0. The van der Waals surface area contributed by atoms with E-state index in [4.69, 9.17) is 0 Å². The second-order valence-corrected chi connectivity index (χ2v) is 6.55. The van der Waals surface area contributed by atoms with E-state index < -0.39 is 0 Å².